The lowest BCUT2D eigenvalue weighted by Crippen LogP contribution is -2.30. The van der Waals surface area contributed by atoms with Gasteiger partial charge in [0.05, 0.1) is 0 Å². The van der Waals surface area contributed by atoms with Crippen LogP contribution >= 0.6 is 15.9 Å². The van der Waals surface area contributed by atoms with Crippen molar-refractivity contribution in [3.63, 3.8) is 0 Å². The highest BCUT2D eigenvalue weighted by atomic mass is 79.9. The Morgan fingerprint density at radius 1 is 1.23 bits per heavy atom. The van der Waals surface area contributed by atoms with Crippen molar-refractivity contribution in [2.24, 2.45) is 0 Å². The molecule has 13 heavy (non-hydrogen) atoms. The van der Waals surface area contributed by atoms with Crippen LogP contribution in [0.5, 0.6) is 0 Å². The third-order valence-electron chi connectivity index (χ3n) is 2.29. The average molecular weight is 241 g/mol. The molecule has 1 aliphatic carbocycles. The summed E-state index contributed by atoms with van der Waals surface area (Å²) in [6, 6.07) is 5.65. The van der Waals surface area contributed by atoms with Crippen LogP contribution in [-0.2, 0) is 0 Å². The normalized spacial score (nSPS) is 15.9. The fourth-order valence-corrected chi connectivity index (χ4v) is 1.97. The molecule has 1 aromatic carbocycles. The first-order valence-electron chi connectivity index (χ1n) is 4.33. The van der Waals surface area contributed by atoms with Gasteiger partial charge in [-0.3, -0.25) is 0 Å². The molecule has 2 nitrogen and oxygen atoms in total. The third-order valence-corrected chi connectivity index (χ3v) is 2.75. The van der Waals surface area contributed by atoms with Crippen molar-refractivity contribution in [1.29, 1.82) is 0 Å². The molecule has 0 aromatic heterocycles. The van der Waals surface area contributed by atoms with Gasteiger partial charge >= 0.3 is 7.12 Å². The summed E-state index contributed by atoms with van der Waals surface area (Å²) in [5, 5.41) is 18.0. The Hall–Kier alpha value is -0.315. The van der Waals surface area contributed by atoms with Crippen LogP contribution in [0, 0.1) is 0 Å². The highest BCUT2D eigenvalue weighted by Gasteiger charge is 2.25. The van der Waals surface area contributed by atoms with Crippen molar-refractivity contribution < 1.29 is 10.0 Å². The van der Waals surface area contributed by atoms with Crippen molar-refractivity contribution in [3.05, 3.63) is 28.2 Å². The Morgan fingerprint density at radius 3 is 2.46 bits per heavy atom. The summed E-state index contributed by atoms with van der Waals surface area (Å²) in [5.74, 6) is 0.634. The fraction of sp³-hybridized carbons (Fsp3) is 0.333. The predicted octanol–water partition coefficient (Wildman–Crippen LogP) is 1.01. The van der Waals surface area contributed by atoms with Crippen molar-refractivity contribution >= 4 is 28.5 Å². The lowest BCUT2D eigenvalue weighted by molar-refractivity contribution is 0.425. The van der Waals surface area contributed by atoms with Crippen LogP contribution in [0.1, 0.15) is 24.3 Å². The predicted molar refractivity (Wildman–Crippen MR) is 55.9 cm³/mol. The van der Waals surface area contributed by atoms with Crippen molar-refractivity contribution in [1.82, 2.24) is 0 Å². The minimum atomic E-state index is -1.37. The number of halogens is 1. The van der Waals surface area contributed by atoms with Crippen LogP contribution < -0.4 is 5.46 Å². The van der Waals surface area contributed by atoms with E-state index in [9.17, 15) is 0 Å². The number of benzene rings is 1. The van der Waals surface area contributed by atoms with Crippen molar-refractivity contribution in [2.45, 2.75) is 18.8 Å². The van der Waals surface area contributed by atoms with Gasteiger partial charge in [0.25, 0.3) is 0 Å². The molecule has 0 radical (unpaired) electrons. The standard InChI is InChI=1S/C9H10BBrO2/c11-9-4-7(6-1-2-6)3-8(5-9)10(12)13/h3-6,12-13H,1-2H2. The maximum absolute atomic E-state index is 9.01. The van der Waals surface area contributed by atoms with Crippen LogP contribution in [0.2, 0.25) is 0 Å². The van der Waals surface area contributed by atoms with Gasteiger partial charge in [-0.15, -0.1) is 0 Å². The quantitative estimate of drug-likeness (QED) is 0.758. The van der Waals surface area contributed by atoms with Gasteiger partial charge in [-0.1, -0.05) is 22.0 Å². The average Bonchev–Trinajstić information content (AvgIpc) is 2.85. The Morgan fingerprint density at radius 2 is 1.92 bits per heavy atom. The molecule has 0 atom stereocenters. The van der Waals surface area contributed by atoms with Crippen LogP contribution in [0.3, 0.4) is 0 Å². The van der Waals surface area contributed by atoms with Crippen molar-refractivity contribution in [3.8, 4) is 0 Å². The van der Waals surface area contributed by atoms with E-state index in [4.69, 9.17) is 10.0 Å². The first-order chi connectivity index (χ1) is 6.16. The smallest absolute Gasteiger partial charge is 0.423 e. The van der Waals surface area contributed by atoms with Gasteiger partial charge in [0, 0.05) is 4.47 Å². The number of rotatable bonds is 2. The molecule has 1 saturated carbocycles. The van der Waals surface area contributed by atoms with E-state index in [1.165, 1.54) is 18.4 Å². The minimum absolute atomic E-state index is 0.566. The minimum Gasteiger partial charge on any atom is -0.423 e. The SMILES string of the molecule is OB(O)c1cc(Br)cc(C2CC2)c1. The molecule has 2 N–H and O–H groups in total. The molecule has 0 bridgehead atoms. The molecule has 0 heterocycles. The van der Waals surface area contributed by atoms with Gasteiger partial charge < -0.3 is 10.0 Å². The summed E-state index contributed by atoms with van der Waals surface area (Å²) in [4.78, 5) is 0. The molecule has 0 amide bonds. The zero-order valence-corrected chi connectivity index (χ0v) is 8.66. The molecule has 4 heteroatoms. The topological polar surface area (TPSA) is 40.5 Å². The number of hydrogen-bond acceptors (Lipinski definition) is 2. The summed E-state index contributed by atoms with van der Waals surface area (Å²) >= 11 is 3.36. The van der Waals surface area contributed by atoms with Gasteiger partial charge in [-0.2, -0.15) is 0 Å². The second-order valence-electron chi connectivity index (χ2n) is 3.47. The number of hydrogen-bond donors (Lipinski definition) is 2. The van der Waals surface area contributed by atoms with Crippen molar-refractivity contribution in [2.75, 3.05) is 0 Å². The van der Waals surface area contributed by atoms with Crippen LogP contribution in [-0.4, -0.2) is 17.2 Å². The third kappa shape index (κ3) is 2.13. The molecule has 1 aliphatic rings. The van der Waals surface area contributed by atoms with E-state index < -0.39 is 7.12 Å². The first kappa shape index (κ1) is 9.25. The summed E-state index contributed by atoms with van der Waals surface area (Å²) < 4.78 is 0.917. The summed E-state index contributed by atoms with van der Waals surface area (Å²) in [6.45, 7) is 0. The molecule has 2 rings (SSSR count). The summed E-state index contributed by atoms with van der Waals surface area (Å²) in [5.41, 5.74) is 1.77. The van der Waals surface area contributed by atoms with E-state index in [-0.39, 0.29) is 0 Å². The molecular formula is C9H10BBrO2. The lowest BCUT2D eigenvalue weighted by Gasteiger charge is -2.04. The second kappa shape index (κ2) is 3.44. The fourth-order valence-electron chi connectivity index (χ4n) is 1.44. The second-order valence-corrected chi connectivity index (χ2v) is 4.38. The Bertz CT molecular complexity index is 303. The molecule has 0 aliphatic heterocycles. The molecule has 0 spiro atoms. The van der Waals surface area contributed by atoms with E-state index in [2.05, 4.69) is 15.9 Å². The molecule has 0 saturated heterocycles. The van der Waals surface area contributed by atoms with Gasteiger partial charge in [0.1, 0.15) is 0 Å². The molecule has 68 valence electrons. The monoisotopic (exact) mass is 240 g/mol. The molecular weight excluding hydrogens is 231 g/mol. The zero-order valence-electron chi connectivity index (χ0n) is 7.07. The zero-order chi connectivity index (χ0) is 9.42. The van der Waals surface area contributed by atoms with Gasteiger partial charge in [-0.05, 0) is 41.9 Å². The van der Waals surface area contributed by atoms with Gasteiger partial charge in [-0.25, -0.2) is 0 Å². The first-order valence-corrected chi connectivity index (χ1v) is 5.12. The van der Waals surface area contributed by atoms with Crippen LogP contribution in [0.15, 0.2) is 22.7 Å². The molecule has 1 aromatic rings. The van der Waals surface area contributed by atoms with Gasteiger partial charge in [0.2, 0.25) is 0 Å². The van der Waals surface area contributed by atoms with E-state index >= 15 is 0 Å². The Labute approximate surface area is 85.9 Å². The maximum atomic E-state index is 9.01. The van der Waals surface area contributed by atoms with E-state index in [0.717, 1.165) is 4.47 Å². The molecule has 1 fully saturated rings. The van der Waals surface area contributed by atoms with Gasteiger partial charge in [0.15, 0.2) is 0 Å². The lowest BCUT2D eigenvalue weighted by atomic mass is 9.79. The highest BCUT2D eigenvalue weighted by molar-refractivity contribution is 9.10. The Kier molecular flexibility index (Phi) is 2.45. The van der Waals surface area contributed by atoms with Crippen LogP contribution in [0.4, 0.5) is 0 Å². The Balaban J connectivity index is 2.36. The summed E-state index contributed by atoms with van der Waals surface area (Å²) in [7, 11) is -1.37. The maximum Gasteiger partial charge on any atom is 0.488 e. The van der Waals surface area contributed by atoms with E-state index in [0.29, 0.717) is 11.4 Å². The molecule has 0 unspecified atom stereocenters. The highest BCUT2D eigenvalue weighted by Crippen LogP contribution is 2.40. The summed E-state index contributed by atoms with van der Waals surface area (Å²) in [6.07, 6.45) is 2.44. The largest absolute Gasteiger partial charge is 0.488 e. The van der Waals surface area contributed by atoms with Crippen LogP contribution in [0.25, 0.3) is 0 Å². The van der Waals surface area contributed by atoms with E-state index in [1.807, 2.05) is 12.1 Å². The van der Waals surface area contributed by atoms with E-state index in [1.54, 1.807) is 6.07 Å².